The second-order valence-electron chi connectivity index (χ2n) is 7.52. The molecule has 0 radical (unpaired) electrons. The highest BCUT2D eigenvalue weighted by molar-refractivity contribution is 5.94. The molecule has 0 spiro atoms. The van der Waals surface area contributed by atoms with Gasteiger partial charge in [-0.15, -0.1) is 0 Å². The first-order valence-corrected chi connectivity index (χ1v) is 10.3. The van der Waals surface area contributed by atoms with Gasteiger partial charge in [-0.1, -0.05) is 19.1 Å². The van der Waals surface area contributed by atoms with Gasteiger partial charge in [0.1, 0.15) is 5.69 Å². The SMILES string of the molecule is CCN1CCN(C(=O)c2ccc(-n3cc(O)c(Cc4ccc(C#N)cc4)n3)nc2)CC1. The molecule has 4 rings (SSSR count). The number of hydrogen-bond donors (Lipinski definition) is 1. The third-order valence-electron chi connectivity index (χ3n) is 5.56. The Bertz CT molecular complexity index is 1090. The van der Waals surface area contributed by atoms with Crippen LogP contribution in [0, 0.1) is 11.3 Å². The number of carbonyl (C=O) groups excluding carboxylic acids is 1. The van der Waals surface area contributed by atoms with Gasteiger partial charge in [-0.25, -0.2) is 9.67 Å². The van der Waals surface area contributed by atoms with Crippen LogP contribution in [0.5, 0.6) is 5.75 Å². The maximum Gasteiger partial charge on any atom is 0.255 e. The van der Waals surface area contributed by atoms with Gasteiger partial charge in [-0.05, 0) is 36.4 Å². The van der Waals surface area contributed by atoms with Crippen LogP contribution in [-0.4, -0.2) is 68.3 Å². The molecular formula is C23H24N6O2. The van der Waals surface area contributed by atoms with Crippen LogP contribution in [0.15, 0.2) is 48.8 Å². The Morgan fingerprint density at radius 2 is 1.87 bits per heavy atom. The molecule has 1 N–H and O–H groups in total. The van der Waals surface area contributed by atoms with Crippen LogP contribution in [-0.2, 0) is 6.42 Å². The smallest absolute Gasteiger partial charge is 0.255 e. The third kappa shape index (κ3) is 4.57. The fourth-order valence-corrected chi connectivity index (χ4v) is 3.63. The predicted octanol–water partition coefficient (Wildman–Crippen LogP) is 2.21. The van der Waals surface area contributed by atoms with E-state index in [2.05, 4.69) is 28.0 Å². The monoisotopic (exact) mass is 416 g/mol. The number of hydrogen-bond acceptors (Lipinski definition) is 6. The van der Waals surface area contributed by atoms with E-state index in [-0.39, 0.29) is 11.7 Å². The molecule has 0 unspecified atom stereocenters. The van der Waals surface area contributed by atoms with Crippen molar-refractivity contribution < 1.29 is 9.90 Å². The molecule has 3 aromatic rings. The summed E-state index contributed by atoms with van der Waals surface area (Å²) in [6.45, 7) is 6.36. The molecule has 1 saturated heterocycles. The number of pyridine rings is 1. The van der Waals surface area contributed by atoms with E-state index in [0.717, 1.165) is 38.3 Å². The summed E-state index contributed by atoms with van der Waals surface area (Å²) in [4.78, 5) is 21.3. The summed E-state index contributed by atoms with van der Waals surface area (Å²) in [6.07, 6.45) is 3.50. The molecule has 2 aromatic heterocycles. The minimum Gasteiger partial charge on any atom is -0.504 e. The summed E-state index contributed by atoms with van der Waals surface area (Å²) >= 11 is 0. The molecule has 31 heavy (non-hydrogen) atoms. The highest BCUT2D eigenvalue weighted by atomic mass is 16.3. The van der Waals surface area contributed by atoms with Crippen molar-refractivity contribution in [1.29, 1.82) is 5.26 Å². The number of carbonyl (C=O) groups is 1. The lowest BCUT2D eigenvalue weighted by atomic mass is 10.1. The first-order valence-electron chi connectivity index (χ1n) is 10.3. The molecular weight excluding hydrogens is 392 g/mol. The van der Waals surface area contributed by atoms with Gasteiger partial charge >= 0.3 is 0 Å². The molecule has 8 heteroatoms. The highest BCUT2D eigenvalue weighted by Crippen LogP contribution is 2.21. The summed E-state index contributed by atoms with van der Waals surface area (Å²) < 4.78 is 1.50. The van der Waals surface area contributed by atoms with E-state index in [1.165, 1.54) is 10.9 Å². The van der Waals surface area contributed by atoms with Gasteiger partial charge in [0, 0.05) is 38.8 Å². The molecule has 0 aliphatic carbocycles. The van der Waals surface area contributed by atoms with Crippen LogP contribution in [0.2, 0.25) is 0 Å². The second-order valence-corrected chi connectivity index (χ2v) is 7.52. The molecule has 3 heterocycles. The zero-order chi connectivity index (χ0) is 21.8. The lowest BCUT2D eigenvalue weighted by molar-refractivity contribution is 0.0643. The maximum atomic E-state index is 12.7. The van der Waals surface area contributed by atoms with E-state index in [1.807, 2.05) is 17.0 Å². The molecule has 0 bridgehead atoms. The van der Waals surface area contributed by atoms with E-state index in [4.69, 9.17) is 5.26 Å². The minimum atomic E-state index is -0.0142. The van der Waals surface area contributed by atoms with E-state index >= 15 is 0 Å². The van der Waals surface area contributed by atoms with E-state index < -0.39 is 0 Å². The van der Waals surface area contributed by atoms with Crippen molar-refractivity contribution in [2.75, 3.05) is 32.7 Å². The topological polar surface area (TPSA) is 98.3 Å². The molecule has 0 saturated carbocycles. The van der Waals surface area contributed by atoms with Crippen LogP contribution in [0.25, 0.3) is 5.82 Å². The third-order valence-corrected chi connectivity index (χ3v) is 5.56. The summed E-state index contributed by atoms with van der Waals surface area (Å²) in [5.74, 6) is 0.577. The lowest BCUT2D eigenvalue weighted by Gasteiger charge is -2.34. The zero-order valence-electron chi connectivity index (χ0n) is 17.4. The van der Waals surface area contributed by atoms with Crippen molar-refractivity contribution in [2.45, 2.75) is 13.3 Å². The van der Waals surface area contributed by atoms with Crippen molar-refractivity contribution in [1.82, 2.24) is 24.6 Å². The van der Waals surface area contributed by atoms with Gasteiger partial charge in [0.25, 0.3) is 5.91 Å². The normalized spacial score (nSPS) is 14.4. The van der Waals surface area contributed by atoms with E-state index in [9.17, 15) is 9.90 Å². The Kier molecular flexibility index (Phi) is 5.96. The van der Waals surface area contributed by atoms with Crippen molar-refractivity contribution in [3.63, 3.8) is 0 Å². The Morgan fingerprint density at radius 1 is 1.13 bits per heavy atom. The number of amides is 1. The van der Waals surface area contributed by atoms with Crippen molar-refractivity contribution in [3.05, 3.63) is 71.2 Å². The number of benzene rings is 1. The molecule has 158 valence electrons. The van der Waals surface area contributed by atoms with Gasteiger partial charge in [0.15, 0.2) is 11.6 Å². The standard InChI is InChI=1S/C23H24N6O2/c1-2-27-9-11-28(12-10-27)23(31)19-7-8-22(25-15-19)29-16-21(30)20(26-29)13-17-3-5-18(14-24)6-4-17/h3-8,15-16,30H,2,9-13H2,1H3. The Hall–Kier alpha value is -3.70. The first-order chi connectivity index (χ1) is 15.1. The minimum absolute atomic E-state index is 0.0142. The largest absolute Gasteiger partial charge is 0.504 e. The predicted molar refractivity (Wildman–Crippen MR) is 115 cm³/mol. The van der Waals surface area contributed by atoms with Gasteiger partial charge < -0.3 is 14.9 Å². The number of likely N-dealkylation sites (N-methyl/N-ethyl adjacent to an activating group) is 1. The Labute approximate surface area is 181 Å². The highest BCUT2D eigenvalue weighted by Gasteiger charge is 2.21. The molecule has 8 nitrogen and oxygen atoms in total. The fraction of sp³-hybridized carbons (Fsp3) is 0.304. The fourth-order valence-electron chi connectivity index (χ4n) is 3.63. The molecule has 1 aliphatic heterocycles. The molecule has 1 fully saturated rings. The molecule has 1 aliphatic rings. The average molecular weight is 416 g/mol. The second kappa shape index (κ2) is 8.98. The van der Waals surface area contributed by atoms with Crippen LogP contribution in [0.1, 0.15) is 34.1 Å². The van der Waals surface area contributed by atoms with E-state index in [1.54, 1.807) is 30.5 Å². The van der Waals surface area contributed by atoms with Crippen LogP contribution in [0.4, 0.5) is 0 Å². The molecule has 1 aromatic carbocycles. The number of nitriles is 1. The number of nitrogens with zero attached hydrogens (tertiary/aromatic N) is 6. The number of aromatic hydroxyl groups is 1. The summed E-state index contributed by atoms with van der Waals surface area (Å²) in [5.41, 5.74) is 2.59. The zero-order valence-corrected chi connectivity index (χ0v) is 17.4. The quantitative estimate of drug-likeness (QED) is 0.685. The summed E-state index contributed by atoms with van der Waals surface area (Å²) in [7, 11) is 0. The number of piperazine rings is 1. The van der Waals surface area contributed by atoms with Crippen LogP contribution < -0.4 is 0 Å². The van der Waals surface area contributed by atoms with Crippen LogP contribution in [0.3, 0.4) is 0 Å². The van der Waals surface area contributed by atoms with Gasteiger partial charge in [-0.3, -0.25) is 4.79 Å². The van der Waals surface area contributed by atoms with E-state index in [0.29, 0.717) is 29.1 Å². The van der Waals surface area contributed by atoms with Gasteiger partial charge in [-0.2, -0.15) is 10.4 Å². The lowest BCUT2D eigenvalue weighted by Crippen LogP contribution is -2.48. The Morgan fingerprint density at radius 3 is 2.48 bits per heavy atom. The summed E-state index contributed by atoms with van der Waals surface area (Å²) in [6, 6.07) is 12.7. The molecule has 1 amide bonds. The van der Waals surface area contributed by atoms with Gasteiger partial charge in [0.05, 0.1) is 23.4 Å². The molecule has 0 atom stereocenters. The average Bonchev–Trinajstić information content (AvgIpc) is 3.19. The van der Waals surface area contributed by atoms with Crippen molar-refractivity contribution in [2.24, 2.45) is 0 Å². The summed E-state index contributed by atoms with van der Waals surface area (Å²) in [5, 5.41) is 23.6. The number of aromatic nitrogens is 3. The van der Waals surface area contributed by atoms with Crippen molar-refractivity contribution >= 4 is 5.91 Å². The van der Waals surface area contributed by atoms with Crippen LogP contribution >= 0.6 is 0 Å². The van der Waals surface area contributed by atoms with Gasteiger partial charge in [0.2, 0.25) is 0 Å². The number of rotatable bonds is 5. The maximum absolute atomic E-state index is 12.7. The van der Waals surface area contributed by atoms with Crippen molar-refractivity contribution in [3.8, 4) is 17.6 Å². The first kappa shape index (κ1) is 20.6. The Balaban J connectivity index is 1.45.